The van der Waals surface area contributed by atoms with Crippen molar-refractivity contribution in [3.05, 3.63) is 0 Å². The molecule has 5 heteroatoms. The molecular weight excluding hydrogens is 200 g/mol. The lowest BCUT2D eigenvalue weighted by molar-refractivity contribution is -0.117. The molecule has 1 atom stereocenters. The zero-order valence-corrected chi connectivity index (χ0v) is 9.00. The fraction of sp³-hybridized carbons (Fsp3) is 0.857. The molecule has 0 aliphatic carbocycles. The van der Waals surface area contributed by atoms with Crippen LogP contribution in [0, 0.1) is 0 Å². The van der Waals surface area contributed by atoms with Crippen molar-refractivity contribution in [2.75, 3.05) is 5.75 Å². The Morgan fingerprint density at radius 2 is 1.83 bits per heavy atom. The first-order valence-corrected chi connectivity index (χ1v) is 5.77. The topological polar surface area (TPSA) is 51.2 Å². The Hall–Kier alpha value is -0.0900. The molecule has 12 heavy (non-hydrogen) atoms. The van der Waals surface area contributed by atoms with Crippen LogP contribution in [-0.4, -0.2) is 24.2 Å². The fourth-order valence-electron chi connectivity index (χ4n) is 0.917. The van der Waals surface area contributed by atoms with Gasteiger partial charge >= 0.3 is 0 Å². The second-order valence-corrected chi connectivity index (χ2v) is 5.91. The van der Waals surface area contributed by atoms with E-state index in [1.165, 1.54) is 13.8 Å². The normalized spacial score (nSPS) is 17.0. The summed E-state index contributed by atoms with van der Waals surface area (Å²) in [6.45, 7) is 4.26. The monoisotopic (exact) mass is 212 g/mol. The molecular formula is C7H13ClO3S. The number of hydrogen-bond acceptors (Lipinski definition) is 3. The minimum Gasteiger partial charge on any atom is -0.297 e. The quantitative estimate of drug-likeness (QED) is 0.662. The van der Waals surface area contributed by atoms with Crippen LogP contribution in [0.2, 0.25) is 0 Å². The molecule has 0 fully saturated rings. The third-order valence-corrected chi connectivity index (χ3v) is 5.41. The number of Topliss-reactive ketones (excluding diaryl/α,β-unsaturated/α-hetero) is 1. The summed E-state index contributed by atoms with van der Waals surface area (Å²) in [5.74, 6) is -0.613. The predicted molar refractivity (Wildman–Crippen MR) is 49.0 cm³/mol. The summed E-state index contributed by atoms with van der Waals surface area (Å²) in [5.41, 5.74) is 0. The standard InChI is InChI=1S/C7H13ClO3S/c1-4-7(8,6(3)9)12(10,11)5-2/h4-5H2,1-3H3/t7-/m0/s1. The zero-order chi connectivity index (χ0) is 9.99. The first kappa shape index (κ1) is 11.9. The van der Waals surface area contributed by atoms with Crippen LogP contribution >= 0.6 is 11.6 Å². The minimum absolute atomic E-state index is 0.107. The van der Waals surface area contributed by atoms with Gasteiger partial charge in [0.25, 0.3) is 0 Å². The van der Waals surface area contributed by atoms with Crippen LogP contribution in [0.3, 0.4) is 0 Å². The summed E-state index contributed by atoms with van der Waals surface area (Å²) in [4.78, 5) is 11.0. The first-order chi connectivity index (χ1) is 5.31. The van der Waals surface area contributed by atoms with Crippen LogP contribution < -0.4 is 0 Å². The first-order valence-electron chi connectivity index (χ1n) is 3.74. The molecule has 0 aromatic carbocycles. The summed E-state index contributed by atoms with van der Waals surface area (Å²) in [6, 6.07) is 0. The van der Waals surface area contributed by atoms with E-state index in [-0.39, 0.29) is 12.2 Å². The molecule has 0 saturated carbocycles. The van der Waals surface area contributed by atoms with Crippen LogP contribution in [0.1, 0.15) is 27.2 Å². The van der Waals surface area contributed by atoms with E-state index in [2.05, 4.69) is 0 Å². The highest BCUT2D eigenvalue weighted by Gasteiger charge is 2.43. The molecule has 0 spiro atoms. The Balaban J connectivity index is 5.17. The number of halogens is 1. The van der Waals surface area contributed by atoms with Gasteiger partial charge in [0, 0.05) is 5.75 Å². The maximum atomic E-state index is 11.3. The van der Waals surface area contributed by atoms with Gasteiger partial charge in [-0.25, -0.2) is 8.42 Å². The van der Waals surface area contributed by atoms with Crippen LogP contribution in [0.5, 0.6) is 0 Å². The van der Waals surface area contributed by atoms with Crippen LogP contribution in [-0.2, 0) is 14.6 Å². The highest BCUT2D eigenvalue weighted by molar-refractivity contribution is 7.95. The molecule has 0 aliphatic rings. The molecule has 72 valence electrons. The molecule has 0 saturated heterocycles. The lowest BCUT2D eigenvalue weighted by Gasteiger charge is -2.21. The molecule has 0 radical (unpaired) electrons. The highest BCUT2D eigenvalue weighted by Crippen LogP contribution is 2.28. The minimum atomic E-state index is -3.49. The number of hydrogen-bond donors (Lipinski definition) is 0. The van der Waals surface area contributed by atoms with E-state index in [0.717, 1.165) is 0 Å². The Labute approximate surface area is 78.0 Å². The van der Waals surface area contributed by atoms with Crippen molar-refractivity contribution in [3.8, 4) is 0 Å². The number of carbonyl (C=O) groups is 1. The summed E-state index contributed by atoms with van der Waals surface area (Å²) < 4.78 is 21.0. The molecule has 3 nitrogen and oxygen atoms in total. The summed E-state index contributed by atoms with van der Waals surface area (Å²) in [7, 11) is -3.49. The molecule has 0 aliphatic heterocycles. The second-order valence-electron chi connectivity index (χ2n) is 2.54. The molecule has 0 heterocycles. The van der Waals surface area contributed by atoms with E-state index >= 15 is 0 Å². The number of alkyl halides is 1. The van der Waals surface area contributed by atoms with Crippen molar-refractivity contribution in [1.29, 1.82) is 0 Å². The smallest absolute Gasteiger partial charge is 0.202 e. The van der Waals surface area contributed by atoms with E-state index in [9.17, 15) is 13.2 Å². The lowest BCUT2D eigenvalue weighted by Crippen LogP contribution is -2.40. The third-order valence-electron chi connectivity index (χ3n) is 1.85. The third kappa shape index (κ3) is 1.80. The van der Waals surface area contributed by atoms with E-state index < -0.39 is 19.8 Å². The Morgan fingerprint density at radius 1 is 1.42 bits per heavy atom. The Kier molecular flexibility index (Phi) is 3.72. The molecule has 0 N–H and O–H groups in total. The van der Waals surface area contributed by atoms with Gasteiger partial charge in [-0.15, -0.1) is 0 Å². The summed E-state index contributed by atoms with van der Waals surface area (Å²) in [5, 5.41) is 0. The molecule has 0 aromatic heterocycles. The van der Waals surface area contributed by atoms with E-state index in [0.29, 0.717) is 0 Å². The van der Waals surface area contributed by atoms with Crippen molar-refractivity contribution >= 4 is 27.2 Å². The van der Waals surface area contributed by atoms with Gasteiger partial charge in [-0.2, -0.15) is 0 Å². The summed E-state index contributed by atoms with van der Waals surface area (Å²) in [6.07, 6.45) is 0.111. The van der Waals surface area contributed by atoms with Crippen LogP contribution in [0.25, 0.3) is 0 Å². The zero-order valence-electron chi connectivity index (χ0n) is 7.43. The highest BCUT2D eigenvalue weighted by atomic mass is 35.5. The average molecular weight is 213 g/mol. The van der Waals surface area contributed by atoms with E-state index in [1.807, 2.05) is 0 Å². The molecule has 0 unspecified atom stereocenters. The SMILES string of the molecule is CC[C@@](Cl)(C(C)=O)S(=O)(=O)CC. The van der Waals surface area contributed by atoms with Gasteiger partial charge in [0.05, 0.1) is 0 Å². The maximum absolute atomic E-state index is 11.3. The fourth-order valence-corrected chi connectivity index (χ4v) is 2.58. The van der Waals surface area contributed by atoms with E-state index in [4.69, 9.17) is 11.6 Å². The molecule has 0 rings (SSSR count). The lowest BCUT2D eigenvalue weighted by atomic mass is 10.2. The largest absolute Gasteiger partial charge is 0.297 e. The van der Waals surface area contributed by atoms with Crippen LogP contribution in [0.15, 0.2) is 0 Å². The second kappa shape index (κ2) is 3.75. The molecule has 0 amide bonds. The number of rotatable bonds is 4. The predicted octanol–water partition coefficient (Wildman–Crippen LogP) is 1.36. The van der Waals surface area contributed by atoms with Gasteiger partial charge in [-0.1, -0.05) is 25.4 Å². The number of ketones is 1. The van der Waals surface area contributed by atoms with Crippen molar-refractivity contribution in [3.63, 3.8) is 0 Å². The number of sulfone groups is 1. The van der Waals surface area contributed by atoms with Crippen molar-refractivity contribution in [2.24, 2.45) is 0 Å². The Morgan fingerprint density at radius 3 is 1.92 bits per heavy atom. The summed E-state index contributed by atoms with van der Waals surface area (Å²) >= 11 is 5.71. The van der Waals surface area contributed by atoms with Crippen molar-refractivity contribution in [2.45, 2.75) is 31.4 Å². The van der Waals surface area contributed by atoms with Gasteiger partial charge < -0.3 is 0 Å². The van der Waals surface area contributed by atoms with Crippen molar-refractivity contribution in [1.82, 2.24) is 0 Å². The van der Waals surface area contributed by atoms with Gasteiger partial charge in [-0.05, 0) is 13.3 Å². The molecule has 0 bridgehead atoms. The van der Waals surface area contributed by atoms with Gasteiger partial charge in [0.15, 0.2) is 15.6 Å². The Bertz CT molecular complexity index is 270. The van der Waals surface area contributed by atoms with Crippen LogP contribution in [0.4, 0.5) is 0 Å². The van der Waals surface area contributed by atoms with Gasteiger partial charge in [0.1, 0.15) is 0 Å². The molecule has 0 aromatic rings. The number of carbonyl (C=O) groups excluding carboxylic acids is 1. The van der Waals surface area contributed by atoms with Gasteiger partial charge in [-0.3, -0.25) is 4.79 Å². The van der Waals surface area contributed by atoms with Gasteiger partial charge in [0.2, 0.25) is 4.21 Å². The maximum Gasteiger partial charge on any atom is 0.202 e. The average Bonchev–Trinajstić information content (AvgIpc) is 2.02. The van der Waals surface area contributed by atoms with Crippen molar-refractivity contribution < 1.29 is 13.2 Å². The van der Waals surface area contributed by atoms with E-state index in [1.54, 1.807) is 6.92 Å².